The van der Waals surface area contributed by atoms with E-state index in [9.17, 15) is 13.2 Å². The molecule has 0 spiro atoms. The lowest BCUT2D eigenvalue weighted by molar-refractivity contribution is -0.142. The number of sulfone groups is 1. The summed E-state index contributed by atoms with van der Waals surface area (Å²) >= 11 is 0. The second kappa shape index (κ2) is 3.63. The molecule has 0 bridgehead atoms. The summed E-state index contributed by atoms with van der Waals surface area (Å²) in [7, 11) is -1.76. The van der Waals surface area contributed by atoms with Crippen LogP contribution in [0.25, 0.3) is 0 Å². The highest BCUT2D eigenvalue weighted by atomic mass is 32.2. The zero-order valence-corrected chi connectivity index (χ0v) is 8.43. The SMILES string of the molecule is COC(=O)C1CC(S(C)(=O)=O)CN1. The highest BCUT2D eigenvalue weighted by Gasteiger charge is 2.35. The highest BCUT2D eigenvalue weighted by Crippen LogP contribution is 2.14. The van der Waals surface area contributed by atoms with Gasteiger partial charge in [-0.25, -0.2) is 8.42 Å². The maximum absolute atomic E-state index is 11.1. The summed E-state index contributed by atoms with van der Waals surface area (Å²) in [6, 6.07) is -0.468. The topological polar surface area (TPSA) is 72.5 Å². The largest absolute Gasteiger partial charge is 0.468 e. The van der Waals surface area contributed by atoms with Crippen LogP contribution in [0.15, 0.2) is 0 Å². The molecule has 1 fully saturated rings. The first-order valence-corrected chi connectivity index (χ1v) is 5.90. The minimum absolute atomic E-state index is 0.311. The van der Waals surface area contributed by atoms with E-state index in [4.69, 9.17) is 0 Å². The molecule has 0 amide bonds. The maximum Gasteiger partial charge on any atom is 0.322 e. The molecular formula is C7H13NO4S. The number of esters is 1. The van der Waals surface area contributed by atoms with Crippen LogP contribution in [0, 0.1) is 0 Å². The van der Waals surface area contributed by atoms with E-state index in [0.717, 1.165) is 0 Å². The molecule has 0 aromatic rings. The van der Waals surface area contributed by atoms with Crippen molar-refractivity contribution in [3.63, 3.8) is 0 Å². The van der Waals surface area contributed by atoms with E-state index in [2.05, 4.69) is 10.1 Å². The Bertz CT molecular complexity index is 298. The average molecular weight is 207 g/mol. The summed E-state index contributed by atoms with van der Waals surface area (Å²) in [6.45, 7) is 0.332. The Morgan fingerprint density at radius 2 is 2.15 bits per heavy atom. The Hall–Kier alpha value is -0.620. The van der Waals surface area contributed by atoms with Gasteiger partial charge in [-0.1, -0.05) is 0 Å². The molecular weight excluding hydrogens is 194 g/mol. The lowest BCUT2D eigenvalue weighted by Crippen LogP contribution is -2.31. The van der Waals surface area contributed by atoms with Gasteiger partial charge in [-0.2, -0.15) is 0 Å². The Morgan fingerprint density at radius 3 is 2.54 bits per heavy atom. The van der Waals surface area contributed by atoms with E-state index >= 15 is 0 Å². The summed E-state index contributed by atoms with van der Waals surface area (Å²) < 4.78 is 26.7. The van der Waals surface area contributed by atoms with Gasteiger partial charge < -0.3 is 10.1 Å². The van der Waals surface area contributed by atoms with Crippen LogP contribution >= 0.6 is 0 Å². The van der Waals surface area contributed by atoms with Crippen LogP contribution in [0.2, 0.25) is 0 Å². The number of methoxy groups -OCH3 is 1. The standard InChI is InChI=1S/C7H13NO4S/c1-12-7(9)6-3-5(4-8-6)13(2,10)11/h5-6,8H,3-4H2,1-2H3. The monoisotopic (exact) mass is 207 g/mol. The first-order valence-electron chi connectivity index (χ1n) is 3.95. The van der Waals surface area contributed by atoms with Crippen molar-refractivity contribution in [2.45, 2.75) is 17.7 Å². The maximum atomic E-state index is 11.1. The highest BCUT2D eigenvalue weighted by molar-refractivity contribution is 7.91. The van der Waals surface area contributed by atoms with Crippen molar-refractivity contribution in [3.8, 4) is 0 Å². The zero-order chi connectivity index (χ0) is 10.1. The quantitative estimate of drug-likeness (QED) is 0.584. The third-order valence-electron chi connectivity index (χ3n) is 2.18. The molecule has 1 N–H and O–H groups in total. The third-order valence-corrected chi connectivity index (χ3v) is 3.75. The number of rotatable bonds is 2. The number of nitrogens with one attached hydrogen (secondary N) is 1. The molecule has 1 aliphatic rings. The second-order valence-electron chi connectivity index (χ2n) is 3.17. The fraction of sp³-hybridized carbons (Fsp3) is 0.857. The molecule has 2 atom stereocenters. The van der Waals surface area contributed by atoms with Gasteiger partial charge in [-0.05, 0) is 6.42 Å². The van der Waals surface area contributed by atoms with Crippen LogP contribution in [0.3, 0.4) is 0 Å². The minimum Gasteiger partial charge on any atom is -0.468 e. The molecule has 1 rings (SSSR count). The predicted octanol–water partition coefficient (Wildman–Crippen LogP) is -1.07. The van der Waals surface area contributed by atoms with Crippen LogP contribution in [0.4, 0.5) is 0 Å². The molecule has 0 aliphatic carbocycles. The fourth-order valence-corrected chi connectivity index (χ4v) is 2.29. The van der Waals surface area contributed by atoms with Gasteiger partial charge in [0.25, 0.3) is 0 Å². The lowest BCUT2D eigenvalue weighted by atomic mass is 10.2. The lowest BCUT2D eigenvalue weighted by Gasteiger charge is -2.06. The van der Waals surface area contributed by atoms with Crippen LogP contribution in [-0.4, -0.2) is 45.6 Å². The van der Waals surface area contributed by atoms with Gasteiger partial charge in [-0.15, -0.1) is 0 Å². The van der Waals surface area contributed by atoms with Crippen molar-refractivity contribution < 1.29 is 17.9 Å². The molecule has 1 heterocycles. The van der Waals surface area contributed by atoms with Crippen LogP contribution < -0.4 is 5.32 Å². The van der Waals surface area contributed by atoms with E-state index in [-0.39, 0.29) is 0 Å². The van der Waals surface area contributed by atoms with Gasteiger partial charge >= 0.3 is 5.97 Å². The molecule has 5 nitrogen and oxygen atoms in total. The minimum atomic E-state index is -3.05. The number of hydrogen-bond donors (Lipinski definition) is 1. The van der Waals surface area contributed by atoms with Gasteiger partial charge in [0.1, 0.15) is 6.04 Å². The molecule has 76 valence electrons. The van der Waals surface area contributed by atoms with E-state index in [1.54, 1.807) is 0 Å². The van der Waals surface area contributed by atoms with E-state index in [1.165, 1.54) is 13.4 Å². The molecule has 1 aliphatic heterocycles. The molecule has 0 aromatic heterocycles. The number of ether oxygens (including phenoxy) is 1. The molecule has 6 heteroatoms. The average Bonchev–Trinajstić information content (AvgIpc) is 2.50. The van der Waals surface area contributed by atoms with Crippen LogP contribution in [0.5, 0.6) is 0 Å². The van der Waals surface area contributed by atoms with Crippen molar-refractivity contribution in [2.75, 3.05) is 19.9 Å². The van der Waals surface area contributed by atoms with Gasteiger partial charge in [-0.3, -0.25) is 4.79 Å². The van der Waals surface area contributed by atoms with Gasteiger partial charge in [0.05, 0.1) is 12.4 Å². The van der Waals surface area contributed by atoms with Crippen molar-refractivity contribution in [1.82, 2.24) is 5.32 Å². The van der Waals surface area contributed by atoms with Crippen molar-refractivity contribution in [2.24, 2.45) is 0 Å². The summed E-state index contributed by atoms with van der Waals surface area (Å²) in [5.74, 6) is -0.397. The number of carbonyl (C=O) groups excluding carboxylic acids is 1. The molecule has 2 unspecified atom stereocenters. The van der Waals surface area contributed by atoms with Gasteiger partial charge in [0, 0.05) is 12.8 Å². The molecule has 1 saturated heterocycles. The molecule has 0 aromatic carbocycles. The summed E-state index contributed by atoms with van der Waals surface area (Å²) in [5.41, 5.74) is 0. The summed E-state index contributed by atoms with van der Waals surface area (Å²) in [5, 5.41) is 2.35. The van der Waals surface area contributed by atoms with Crippen molar-refractivity contribution in [3.05, 3.63) is 0 Å². The first kappa shape index (κ1) is 10.5. The zero-order valence-electron chi connectivity index (χ0n) is 7.61. The predicted molar refractivity (Wildman–Crippen MR) is 47.1 cm³/mol. The molecule has 0 radical (unpaired) electrons. The third kappa shape index (κ3) is 2.41. The van der Waals surface area contributed by atoms with E-state index < -0.39 is 27.1 Å². The molecule has 0 saturated carbocycles. The van der Waals surface area contributed by atoms with Crippen LogP contribution in [-0.2, 0) is 19.4 Å². The Kier molecular flexibility index (Phi) is 2.92. The fourth-order valence-electron chi connectivity index (χ4n) is 1.35. The number of hydrogen-bond acceptors (Lipinski definition) is 5. The van der Waals surface area contributed by atoms with Crippen LogP contribution in [0.1, 0.15) is 6.42 Å². The van der Waals surface area contributed by atoms with Gasteiger partial charge in [0.2, 0.25) is 0 Å². The molecule has 13 heavy (non-hydrogen) atoms. The Balaban J connectivity index is 2.60. The smallest absolute Gasteiger partial charge is 0.322 e. The Labute approximate surface area is 77.4 Å². The van der Waals surface area contributed by atoms with Crippen molar-refractivity contribution >= 4 is 15.8 Å². The van der Waals surface area contributed by atoms with E-state index in [1.807, 2.05) is 0 Å². The number of carbonyl (C=O) groups is 1. The van der Waals surface area contributed by atoms with E-state index in [0.29, 0.717) is 13.0 Å². The van der Waals surface area contributed by atoms with Crippen molar-refractivity contribution in [1.29, 1.82) is 0 Å². The summed E-state index contributed by atoms with van der Waals surface area (Å²) in [6.07, 6.45) is 1.49. The Morgan fingerprint density at radius 1 is 1.54 bits per heavy atom. The van der Waals surface area contributed by atoms with Gasteiger partial charge in [0.15, 0.2) is 9.84 Å². The summed E-state index contributed by atoms with van der Waals surface area (Å²) in [4.78, 5) is 11.0. The normalized spacial score (nSPS) is 28.8. The second-order valence-corrected chi connectivity index (χ2v) is 5.50. The first-order chi connectivity index (χ1) is 5.95.